The lowest BCUT2D eigenvalue weighted by Crippen LogP contribution is -2.19. The van der Waals surface area contributed by atoms with Crippen LogP contribution in [0.4, 0.5) is 0 Å². The highest BCUT2D eigenvalue weighted by Crippen LogP contribution is 2.24. The van der Waals surface area contributed by atoms with Crippen molar-refractivity contribution in [3.63, 3.8) is 0 Å². The summed E-state index contributed by atoms with van der Waals surface area (Å²) in [6.07, 6.45) is 5.43. The van der Waals surface area contributed by atoms with Gasteiger partial charge in [-0.3, -0.25) is 4.79 Å². The standard InChI is InChI=1S/C26H21N5O4/c1-2-17-10-6-12-20-21(15-27-24(17)20)23(32)16-35-26(33)22(14-19-11-7-13-34-19)31-25(28-29-30-31)18-8-4-3-5-9-18/h3-15,27H,2,16H2,1H3/b22-14+. The summed E-state index contributed by atoms with van der Waals surface area (Å²) in [7, 11) is 0. The summed E-state index contributed by atoms with van der Waals surface area (Å²) < 4.78 is 12.1. The first-order valence-corrected chi connectivity index (χ1v) is 11.0. The van der Waals surface area contributed by atoms with Crippen LogP contribution >= 0.6 is 0 Å². The smallest absolute Gasteiger partial charge is 0.357 e. The van der Waals surface area contributed by atoms with Gasteiger partial charge in [-0.25, -0.2) is 4.79 Å². The van der Waals surface area contributed by atoms with Gasteiger partial charge in [0.1, 0.15) is 5.76 Å². The van der Waals surface area contributed by atoms with E-state index in [4.69, 9.17) is 9.15 Å². The molecule has 0 spiro atoms. The van der Waals surface area contributed by atoms with Crippen molar-refractivity contribution in [2.24, 2.45) is 0 Å². The number of nitrogens with zero attached hydrogens (tertiary/aromatic N) is 4. The maximum absolute atomic E-state index is 13.2. The van der Waals surface area contributed by atoms with Crippen molar-refractivity contribution >= 4 is 34.4 Å². The number of aromatic amines is 1. The molecule has 9 heteroatoms. The Morgan fingerprint density at radius 3 is 2.71 bits per heavy atom. The number of aromatic nitrogens is 5. The van der Waals surface area contributed by atoms with Crippen molar-refractivity contribution < 1.29 is 18.7 Å². The predicted molar refractivity (Wildman–Crippen MR) is 129 cm³/mol. The molecule has 3 aromatic heterocycles. The van der Waals surface area contributed by atoms with Gasteiger partial charge in [0.25, 0.3) is 0 Å². The minimum absolute atomic E-state index is 0.00352. The number of esters is 1. The van der Waals surface area contributed by atoms with Crippen molar-refractivity contribution in [3.05, 3.63) is 90.0 Å². The Morgan fingerprint density at radius 2 is 1.94 bits per heavy atom. The zero-order chi connectivity index (χ0) is 24.2. The van der Waals surface area contributed by atoms with E-state index in [2.05, 4.69) is 27.4 Å². The van der Waals surface area contributed by atoms with E-state index in [1.807, 2.05) is 48.5 Å². The molecule has 174 valence electrons. The molecule has 0 bridgehead atoms. The molecule has 3 heterocycles. The minimum atomic E-state index is -0.770. The van der Waals surface area contributed by atoms with Gasteiger partial charge in [0.05, 0.1) is 6.26 Å². The number of rotatable bonds is 8. The summed E-state index contributed by atoms with van der Waals surface area (Å²) in [4.78, 5) is 29.3. The Labute approximate surface area is 200 Å². The van der Waals surface area contributed by atoms with Crippen LogP contribution in [-0.4, -0.2) is 43.6 Å². The lowest BCUT2D eigenvalue weighted by atomic mass is 10.1. The van der Waals surface area contributed by atoms with Gasteiger partial charge in [-0.2, -0.15) is 4.68 Å². The molecule has 0 atom stereocenters. The van der Waals surface area contributed by atoms with Crippen molar-refractivity contribution in [2.75, 3.05) is 6.61 Å². The molecule has 0 saturated carbocycles. The molecular weight excluding hydrogens is 446 g/mol. The number of H-pyrrole nitrogens is 1. The van der Waals surface area contributed by atoms with E-state index >= 15 is 0 Å². The van der Waals surface area contributed by atoms with Crippen molar-refractivity contribution in [2.45, 2.75) is 13.3 Å². The van der Waals surface area contributed by atoms with Crippen LogP contribution in [0, 0.1) is 0 Å². The molecule has 5 aromatic rings. The quantitative estimate of drug-likeness (QED) is 0.204. The highest BCUT2D eigenvalue weighted by Gasteiger charge is 2.23. The predicted octanol–water partition coefficient (Wildman–Crippen LogP) is 4.40. The van der Waals surface area contributed by atoms with Crippen molar-refractivity contribution in [1.82, 2.24) is 25.2 Å². The molecule has 0 fully saturated rings. The molecule has 5 rings (SSSR count). The maximum Gasteiger partial charge on any atom is 0.357 e. The van der Waals surface area contributed by atoms with Gasteiger partial charge in [-0.05, 0) is 34.5 Å². The second-order valence-corrected chi connectivity index (χ2v) is 7.72. The fourth-order valence-electron chi connectivity index (χ4n) is 3.86. The number of carbonyl (C=O) groups is 2. The molecule has 9 nitrogen and oxygen atoms in total. The van der Waals surface area contributed by atoms with Gasteiger partial charge in [0, 0.05) is 34.3 Å². The Balaban J connectivity index is 1.42. The first-order valence-electron chi connectivity index (χ1n) is 11.0. The first-order chi connectivity index (χ1) is 17.2. The zero-order valence-corrected chi connectivity index (χ0v) is 18.8. The number of carbonyl (C=O) groups excluding carboxylic acids is 2. The third-order valence-electron chi connectivity index (χ3n) is 5.58. The number of hydrogen-bond donors (Lipinski definition) is 1. The van der Waals surface area contributed by atoms with Gasteiger partial charge in [0.15, 0.2) is 18.1 Å². The molecule has 35 heavy (non-hydrogen) atoms. The van der Waals surface area contributed by atoms with E-state index < -0.39 is 12.6 Å². The normalized spacial score (nSPS) is 11.6. The largest absolute Gasteiger partial charge is 0.465 e. The fraction of sp³-hybridized carbons (Fsp3) is 0.115. The maximum atomic E-state index is 13.2. The summed E-state index contributed by atoms with van der Waals surface area (Å²) in [6, 6.07) is 18.4. The molecule has 0 radical (unpaired) electrons. The van der Waals surface area contributed by atoms with Crippen LogP contribution in [0.1, 0.15) is 28.6 Å². The average Bonchev–Trinajstić information content (AvgIpc) is 3.66. The van der Waals surface area contributed by atoms with Gasteiger partial charge in [0.2, 0.25) is 5.78 Å². The monoisotopic (exact) mass is 467 g/mol. The fourth-order valence-corrected chi connectivity index (χ4v) is 3.86. The summed E-state index contributed by atoms with van der Waals surface area (Å²) >= 11 is 0. The van der Waals surface area contributed by atoms with E-state index in [1.165, 1.54) is 17.0 Å². The molecule has 0 amide bonds. The molecule has 1 N–H and O–H groups in total. The van der Waals surface area contributed by atoms with Crippen molar-refractivity contribution in [1.29, 1.82) is 0 Å². The van der Waals surface area contributed by atoms with Crippen molar-refractivity contribution in [3.8, 4) is 11.4 Å². The number of tetrazole rings is 1. The number of hydrogen-bond acceptors (Lipinski definition) is 7. The molecule has 2 aromatic carbocycles. The number of benzene rings is 2. The molecule has 0 unspecified atom stereocenters. The lowest BCUT2D eigenvalue weighted by Gasteiger charge is -2.09. The van der Waals surface area contributed by atoms with Gasteiger partial charge < -0.3 is 14.1 Å². The highest BCUT2D eigenvalue weighted by molar-refractivity contribution is 6.17. The second kappa shape index (κ2) is 9.60. The minimum Gasteiger partial charge on any atom is -0.465 e. The zero-order valence-electron chi connectivity index (χ0n) is 18.8. The number of para-hydroxylation sites is 1. The number of fused-ring (bicyclic) bond motifs is 1. The number of ether oxygens (including phenoxy) is 1. The summed E-state index contributed by atoms with van der Waals surface area (Å²) in [5.74, 6) is -0.347. The Bertz CT molecular complexity index is 1510. The lowest BCUT2D eigenvalue weighted by molar-refractivity contribution is -0.136. The second-order valence-electron chi connectivity index (χ2n) is 7.72. The van der Waals surface area contributed by atoms with E-state index in [0.717, 1.165) is 22.9 Å². The summed E-state index contributed by atoms with van der Waals surface area (Å²) in [5.41, 5.74) is 3.19. The van der Waals surface area contributed by atoms with Gasteiger partial charge in [-0.1, -0.05) is 55.5 Å². The molecular formula is C26H21N5O4. The number of ketones is 1. The molecule has 0 aliphatic carbocycles. The van der Waals surface area contributed by atoms with Crippen LogP contribution in [-0.2, 0) is 16.0 Å². The van der Waals surface area contributed by atoms with Crippen LogP contribution in [0.3, 0.4) is 0 Å². The number of nitrogens with one attached hydrogen (secondary N) is 1. The third kappa shape index (κ3) is 4.39. The number of furan rings is 1. The molecule has 0 saturated heterocycles. The SMILES string of the molecule is CCc1cccc2c(C(=O)COC(=O)/C(=C\c3ccco3)n3nnnc3-c3ccccc3)c[nH]c12. The van der Waals surface area contributed by atoms with E-state index in [1.54, 1.807) is 18.3 Å². The summed E-state index contributed by atoms with van der Waals surface area (Å²) in [6.45, 7) is 1.61. The first kappa shape index (κ1) is 22.0. The Kier molecular flexibility index (Phi) is 6.04. The van der Waals surface area contributed by atoms with Gasteiger partial charge in [-0.15, -0.1) is 5.10 Å². The van der Waals surface area contributed by atoms with Crippen LogP contribution in [0.25, 0.3) is 34.1 Å². The van der Waals surface area contributed by atoms with E-state index in [-0.39, 0.29) is 11.5 Å². The van der Waals surface area contributed by atoms with E-state index in [0.29, 0.717) is 22.7 Å². The topological polar surface area (TPSA) is 116 Å². The summed E-state index contributed by atoms with van der Waals surface area (Å²) in [5, 5.41) is 12.6. The van der Waals surface area contributed by atoms with Crippen LogP contribution in [0.2, 0.25) is 0 Å². The Hall–Kier alpha value is -4.79. The third-order valence-corrected chi connectivity index (χ3v) is 5.58. The average molecular weight is 467 g/mol. The van der Waals surface area contributed by atoms with Crippen LogP contribution in [0.15, 0.2) is 77.5 Å². The van der Waals surface area contributed by atoms with Crippen LogP contribution in [0.5, 0.6) is 0 Å². The van der Waals surface area contributed by atoms with Gasteiger partial charge >= 0.3 is 5.97 Å². The Morgan fingerprint density at radius 1 is 1.09 bits per heavy atom. The molecule has 0 aliphatic rings. The van der Waals surface area contributed by atoms with Crippen LogP contribution < -0.4 is 0 Å². The number of aryl methyl sites for hydroxylation is 1. The van der Waals surface area contributed by atoms with E-state index in [9.17, 15) is 9.59 Å². The highest BCUT2D eigenvalue weighted by atomic mass is 16.5. The number of Topliss-reactive ketones (excluding diaryl/α,β-unsaturated/α-hetero) is 1. The molecule has 0 aliphatic heterocycles.